The molecule has 0 aromatic heterocycles. The van der Waals surface area contributed by atoms with Crippen LogP contribution in [-0.4, -0.2) is 20.4 Å². The molecule has 0 heterocycles. The van der Waals surface area contributed by atoms with Crippen LogP contribution < -0.4 is 4.90 Å². The van der Waals surface area contributed by atoms with Crippen molar-refractivity contribution in [3.63, 3.8) is 0 Å². The predicted octanol–water partition coefficient (Wildman–Crippen LogP) is 2.36. The summed E-state index contributed by atoms with van der Waals surface area (Å²) in [4.78, 5) is 12.5. The number of rotatable bonds is 2. The summed E-state index contributed by atoms with van der Waals surface area (Å²) in [5.74, 6) is 0. The second kappa shape index (κ2) is 3.73. The fourth-order valence-electron chi connectivity index (χ4n) is 1.57. The van der Waals surface area contributed by atoms with Gasteiger partial charge in [0.15, 0.2) is 0 Å². The fourth-order valence-corrected chi connectivity index (χ4v) is 1.57. The van der Waals surface area contributed by atoms with Gasteiger partial charge in [0.05, 0.1) is 0 Å². The highest BCUT2D eigenvalue weighted by Gasteiger charge is 1.99. The molecule has 2 aromatic carbocycles. The summed E-state index contributed by atoms with van der Waals surface area (Å²) in [6, 6.07) is 11.7. The van der Waals surface area contributed by atoms with Crippen molar-refractivity contribution in [2.24, 2.45) is 0 Å². The van der Waals surface area contributed by atoms with E-state index in [1.807, 2.05) is 44.6 Å². The lowest BCUT2D eigenvalue weighted by Crippen LogP contribution is -2.07. The predicted molar refractivity (Wildman–Crippen MR) is 63.1 cm³/mol. The summed E-state index contributed by atoms with van der Waals surface area (Å²) < 4.78 is 0. The Hall–Kier alpha value is -1.83. The van der Waals surface area contributed by atoms with E-state index in [0.717, 1.165) is 16.5 Å². The normalized spacial score (nSPS) is 10.3. The van der Waals surface area contributed by atoms with Crippen molar-refractivity contribution in [1.82, 2.24) is 0 Å². The maximum atomic E-state index is 10.5. The number of carbonyl (C=O) groups excluding carboxylic acids is 1. The highest BCUT2D eigenvalue weighted by molar-refractivity contribution is 5.90. The number of anilines is 1. The molecule has 0 aliphatic heterocycles. The molecule has 0 spiro atoms. The number of hydrogen-bond donors (Lipinski definition) is 0. The Kier molecular flexibility index (Phi) is 2.42. The first-order valence-corrected chi connectivity index (χ1v) is 4.80. The fraction of sp³-hybridized carbons (Fsp3) is 0.154. The lowest BCUT2D eigenvalue weighted by molar-refractivity contribution is 0.563. The van der Waals surface area contributed by atoms with Gasteiger partial charge < -0.3 is 4.90 Å². The molecule has 75 valence electrons. The quantitative estimate of drug-likeness (QED) is 0.738. The number of hydrogen-bond acceptors (Lipinski definition) is 2. The minimum Gasteiger partial charge on any atom is -0.378 e. The van der Waals surface area contributed by atoms with Crippen molar-refractivity contribution >= 4 is 22.7 Å². The molecule has 0 aliphatic rings. The summed E-state index contributed by atoms with van der Waals surface area (Å²) in [7, 11) is 4.02. The molecule has 0 atom stereocenters. The van der Waals surface area contributed by atoms with Crippen molar-refractivity contribution in [2.45, 2.75) is 0 Å². The molecule has 1 radical (unpaired) electrons. The van der Waals surface area contributed by atoms with Gasteiger partial charge in [0, 0.05) is 25.3 Å². The van der Waals surface area contributed by atoms with E-state index in [1.165, 1.54) is 0 Å². The van der Waals surface area contributed by atoms with E-state index in [9.17, 15) is 4.79 Å². The summed E-state index contributed by atoms with van der Waals surface area (Å²) in [6.45, 7) is 0. The molecule has 2 aromatic rings. The van der Waals surface area contributed by atoms with Gasteiger partial charge in [0.25, 0.3) is 0 Å². The molecule has 2 nitrogen and oxygen atoms in total. The van der Waals surface area contributed by atoms with Crippen LogP contribution in [0.25, 0.3) is 10.8 Å². The van der Waals surface area contributed by atoms with Crippen LogP contribution in [0.15, 0.2) is 36.4 Å². The average molecular weight is 198 g/mol. The first kappa shape index (κ1) is 9.71. The molecule has 0 fully saturated rings. The second-order valence-corrected chi connectivity index (χ2v) is 3.74. The first-order chi connectivity index (χ1) is 7.20. The topological polar surface area (TPSA) is 20.3 Å². The Morgan fingerprint density at radius 1 is 1.00 bits per heavy atom. The molecule has 0 amide bonds. The van der Waals surface area contributed by atoms with Crippen molar-refractivity contribution < 1.29 is 4.79 Å². The second-order valence-electron chi connectivity index (χ2n) is 3.74. The molecule has 2 heteroatoms. The molecule has 0 bridgehead atoms. The lowest BCUT2D eigenvalue weighted by Gasteiger charge is -2.12. The van der Waals surface area contributed by atoms with E-state index >= 15 is 0 Å². The van der Waals surface area contributed by atoms with Crippen LogP contribution in [0.1, 0.15) is 5.56 Å². The van der Waals surface area contributed by atoms with Gasteiger partial charge in [-0.3, -0.25) is 4.79 Å². The van der Waals surface area contributed by atoms with Crippen LogP contribution in [0, 0.1) is 0 Å². The van der Waals surface area contributed by atoms with Gasteiger partial charge in [-0.1, -0.05) is 18.2 Å². The van der Waals surface area contributed by atoms with Crippen LogP contribution in [0.5, 0.6) is 0 Å². The van der Waals surface area contributed by atoms with Gasteiger partial charge in [0.2, 0.25) is 6.29 Å². The molecule has 0 saturated carbocycles. The number of fused-ring (bicyclic) bond motifs is 1. The largest absolute Gasteiger partial charge is 0.378 e. The molecule has 0 unspecified atom stereocenters. The summed E-state index contributed by atoms with van der Waals surface area (Å²) >= 11 is 0. The van der Waals surface area contributed by atoms with Crippen LogP contribution in [0.2, 0.25) is 0 Å². The van der Waals surface area contributed by atoms with Crippen LogP contribution in [0.3, 0.4) is 0 Å². The Balaban J connectivity index is 2.59. The Bertz CT molecular complexity index is 503. The van der Waals surface area contributed by atoms with E-state index < -0.39 is 0 Å². The Morgan fingerprint density at radius 3 is 2.33 bits per heavy atom. The summed E-state index contributed by atoms with van der Waals surface area (Å²) in [5.41, 5.74) is 1.76. The van der Waals surface area contributed by atoms with Gasteiger partial charge in [-0.15, -0.1) is 0 Å². The zero-order valence-corrected chi connectivity index (χ0v) is 8.82. The van der Waals surface area contributed by atoms with Crippen molar-refractivity contribution in [3.8, 4) is 0 Å². The molecule has 0 N–H and O–H groups in total. The molecule has 15 heavy (non-hydrogen) atoms. The Morgan fingerprint density at radius 2 is 1.67 bits per heavy atom. The van der Waals surface area contributed by atoms with E-state index in [0.29, 0.717) is 5.56 Å². The van der Waals surface area contributed by atoms with E-state index in [4.69, 9.17) is 0 Å². The third kappa shape index (κ3) is 1.84. The number of benzene rings is 2. The van der Waals surface area contributed by atoms with Gasteiger partial charge >= 0.3 is 0 Å². The lowest BCUT2D eigenvalue weighted by atomic mass is 10.1. The van der Waals surface area contributed by atoms with Crippen LogP contribution in [0.4, 0.5) is 5.69 Å². The highest BCUT2D eigenvalue weighted by atomic mass is 16.1. The van der Waals surface area contributed by atoms with Gasteiger partial charge in [0.1, 0.15) is 0 Å². The summed E-state index contributed by atoms with van der Waals surface area (Å²) in [6.07, 6.45) is 1.90. The van der Waals surface area contributed by atoms with E-state index in [1.54, 1.807) is 6.07 Å². The average Bonchev–Trinajstić information content (AvgIpc) is 2.27. The van der Waals surface area contributed by atoms with E-state index in [2.05, 4.69) is 11.0 Å². The van der Waals surface area contributed by atoms with E-state index in [-0.39, 0.29) is 0 Å². The third-order valence-corrected chi connectivity index (χ3v) is 2.46. The monoisotopic (exact) mass is 198 g/mol. The van der Waals surface area contributed by atoms with Crippen molar-refractivity contribution in [1.29, 1.82) is 0 Å². The van der Waals surface area contributed by atoms with Gasteiger partial charge in [-0.25, -0.2) is 0 Å². The molecular formula is C13H12NO. The molecule has 0 saturated heterocycles. The standard InChI is InChI=1S/C13H12NO/c1-14(2)13-6-5-11-7-10(9-15)3-4-12(11)8-13/h3-8H,1-2H3. The van der Waals surface area contributed by atoms with Gasteiger partial charge in [-0.2, -0.15) is 0 Å². The maximum absolute atomic E-state index is 10.5. The van der Waals surface area contributed by atoms with Crippen molar-refractivity contribution in [2.75, 3.05) is 19.0 Å². The summed E-state index contributed by atoms with van der Waals surface area (Å²) in [5, 5.41) is 2.21. The zero-order valence-electron chi connectivity index (χ0n) is 8.82. The minimum absolute atomic E-state index is 0.597. The van der Waals surface area contributed by atoms with Crippen LogP contribution >= 0.6 is 0 Å². The van der Waals surface area contributed by atoms with Gasteiger partial charge in [-0.05, 0) is 29.0 Å². The smallest absolute Gasteiger partial charge is 0.233 e. The molecule has 2 rings (SSSR count). The Labute approximate surface area is 89.1 Å². The van der Waals surface area contributed by atoms with Crippen LogP contribution in [-0.2, 0) is 4.79 Å². The van der Waals surface area contributed by atoms with Crippen molar-refractivity contribution in [3.05, 3.63) is 42.0 Å². The SMILES string of the molecule is CN(C)c1ccc2cc([C]=O)ccc2c1. The molecule has 0 aliphatic carbocycles. The minimum atomic E-state index is 0.597. The third-order valence-electron chi connectivity index (χ3n) is 2.46. The first-order valence-electron chi connectivity index (χ1n) is 4.80. The highest BCUT2D eigenvalue weighted by Crippen LogP contribution is 2.21. The molecular weight excluding hydrogens is 186 g/mol. The number of nitrogens with zero attached hydrogens (tertiary/aromatic N) is 1. The maximum Gasteiger partial charge on any atom is 0.233 e. The zero-order chi connectivity index (χ0) is 10.8.